The van der Waals surface area contributed by atoms with Crippen LogP contribution in [-0.2, 0) is 6.54 Å². The molecule has 0 aliphatic rings. The van der Waals surface area contributed by atoms with Crippen LogP contribution in [0, 0.1) is 17.5 Å². The van der Waals surface area contributed by atoms with Gasteiger partial charge in [0.2, 0.25) is 0 Å². The van der Waals surface area contributed by atoms with Gasteiger partial charge in [0.05, 0.1) is 24.0 Å². The lowest BCUT2D eigenvalue weighted by Gasteiger charge is -2.04. The Labute approximate surface area is 135 Å². The van der Waals surface area contributed by atoms with E-state index in [0.29, 0.717) is 11.3 Å². The maximum Gasteiger partial charge on any atom is 0.258 e. The van der Waals surface area contributed by atoms with Crippen molar-refractivity contribution >= 4 is 11.6 Å². The molecular formula is C17H12F3N3O. The van der Waals surface area contributed by atoms with Crippen LogP contribution >= 0.6 is 0 Å². The summed E-state index contributed by atoms with van der Waals surface area (Å²) in [6.07, 6.45) is 2.82. The number of amides is 1. The highest BCUT2D eigenvalue weighted by atomic mass is 19.1. The van der Waals surface area contributed by atoms with E-state index in [2.05, 4.69) is 10.4 Å². The van der Waals surface area contributed by atoms with Gasteiger partial charge in [-0.15, -0.1) is 0 Å². The van der Waals surface area contributed by atoms with E-state index in [9.17, 15) is 18.0 Å². The Morgan fingerprint density at radius 1 is 1.08 bits per heavy atom. The molecule has 0 aliphatic carbocycles. The molecule has 1 heterocycles. The van der Waals surface area contributed by atoms with Crippen molar-refractivity contribution in [2.75, 3.05) is 5.32 Å². The molecule has 24 heavy (non-hydrogen) atoms. The molecule has 0 saturated heterocycles. The molecular weight excluding hydrogens is 319 g/mol. The number of carbonyl (C=O) groups is 1. The minimum Gasteiger partial charge on any atom is -0.319 e. The van der Waals surface area contributed by atoms with Crippen molar-refractivity contribution in [1.29, 1.82) is 0 Å². The average Bonchev–Trinajstić information content (AvgIpc) is 2.99. The molecule has 3 aromatic rings. The van der Waals surface area contributed by atoms with E-state index < -0.39 is 23.1 Å². The monoisotopic (exact) mass is 331 g/mol. The van der Waals surface area contributed by atoms with Crippen LogP contribution in [0.15, 0.2) is 54.9 Å². The Morgan fingerprint density at radius 3 is 2.67 bits per heavy atom. The summed E-state index contributed by atoms with van der Waals surface area (Å²) in [6, 6.07) is 8.88. The smallest absolute Gasteiger partial charge is 0.258 e. The van der Waals surface area contributed by atoms with Gasteiger partial charge in [0.1, 0.15) is 17.5 Å². The zero-order chi connectivity index (χ0) is 17.1. The van der Waals surface area contributed by atoms with Gasteiger partial charge in [0.25, 0.3) is 5.91 Å². The average molecular weight is 331 g/mol. The number of benzene rings is 2. The van der Waals surface area contributed by atoms with Gasteiger partial charge in [0.15, 0.2) is 0 Å². The minimum atomic E-state index is -0.826. The van der Waals surface area contributed by atoms with E-state index in [-0.39, 0.29) is 12.4 Å². The van der Waals surface area contributed by atoms with Crippen molar-refractivity contribution in [2.45, 2.75) is 6.54 Å². The second-order valence-electron chi connectivity index (χ2n) is 5.10. The van der Waals surface area contributed by atoms with Crippen LogP contribution in [-0.4, -0.2) is 15.7 Å². The quantitative estimate of drug-likeness (QED) is 0.794. The Kier molecular flexibility index (Phi) is 4.33. The molecule has 1 amide bonds. The minimum absolute atomic E-state index is 0.177. The predicted octanol–water partition coefficient (Wildman–Crippen LogP) is 3.60. The second-order valence-corrected chi connectivity index (χ2v) is 5.10. The topological polar surface area (TPSA) is 46.9 Å². The van der Waals surface area contributed by atoms with Crippen LogP contribution in [0.25, 0.3) is 0 Å². The fourth-order valence-electron chi connectivity index (χ4n) is 2.19. The van der Waals surface area contributed by atoms with E-state index in [0.717, 1.165) is 18.2 Å². The number of carbonyl (C=O) groups excluding carboxylic acids is 1. The Balaban J connectivity index is 1.73. The maximum atomic E-state index is 13.6. The number of rotatable bonds is 4. The third-order valence-electron chi connectivity index (χ3n) is 3.35. The molecule has 0 spiro atoms. The number of aromatic nitrogens is 2. The van der Waals surface area contributed by atoms with Crippen LogP contribution in [0.5, 0.6) is 0 Å². The van der Waals surface area contributed by atoms with Crippen molar-refractivity contribution in [3.8, 4) is 0 Å². The van der Waals surface area contributed by atoms with Crippen LogP contribution in [0.3, 0.4) is 0 Å². The molecule has 0 atom stereocenters. The van der Waals surface area contributed by atoms with Gasteiger partial charge in [-0.1, -0.05) is 18.2 Å². The first-order chi connectivity index (χ1) is 11.5. The van der Waals surface area contributed by atoms with Crippen molar-refractivity contribution < 1.29 is 18.0 Å². The molecule has 2 aromatic carbocycles. The molecule has 0 fully saturated rings. The first kappa shape index (κ1) is 15.8. The van der Waals surface area contributed by atoms with E-state index in [1.165, 1.54) is 23.1 Å². The summed E-state index contributed by atoms with van der Waals surface area (Å²) in [5, 5.41) is 6.43. The molecule has 122 valence electrons. The number of anilines is 1. The molecule has 1 N–H and O–H groups in total. The SMILES string of the molecule is O=C(Nc1cnn(Cc2ccccc2F)c1)c1cc(F)ccc1F. The van der Waals surface area contributed by atoms with Gasteiger partial charge >= 0.3 is 0 Å². The molecule has 3 rings (SSSR count). The normalized spacial score (nSPS) is 10.6. The van der Waals surface area contributed by atoms with Crippen LogP contribution in [0.2, 0.25) is 0 Å². The molecule has 0 aliphatic heterocycles. The fraction of sp³-hybridized carbons (Fsp3) is 0.0588. The van der Waals surface area contributed by atoms with Gasteiger partial charge in [-0.25, -0.2) is 13.2 Å². The van der Waals surface area contributed by atoms with Gasteiger partial charge < -0.3 is 5.32 Å². The number of nitrogens with one attached hydrogen (secondary N) is 1. The van der Waals surface area contributed by atoms with Gasteiger partial charge in [-0.3, -0.25) is 9.48 Å². The summed E-state index contributed by atoms with van der Waals surface area (Å²) < 4.78 is 41.7. The van der Waals surface area contributed by atoms with E-state index in [1.807, 2.05) is 0 Å². The third-order valence-corrected chi connectivity index (χ3v) is 3.35. The highest BCUT2D eigenvalue weighted by Gasteiger charge is 2.14. The zero-order valence-electron chi connectivity index (χ0n) is 12.3. The summed E-state index contributed by atoms with van der Waals surface area (Å²) in [5.74, 6) is -2.69. The predicted molar refractivity (Wildman–Crippen MR) is 82.0 cm³/mol. The van der Waals surface area contributed by atoms with Crippen molar-refractivity contribution in [2.24, 2.45) is 0 Å². The van der Waals surface area contributed by atoms with E-state index >= 15 is 0 Å². The summed E-state index contributed by atoms with van der Waals surface area (Å²) in [5.41, 5.74) is 0.325. The van der Waals surface area contributed by atoms with E-state index in [4.69, 9.17) is 0 Å². The lowest BCUT2D eigenvalue weighted by Crippen LogP contribution is -2.13. The number of hydrogen-bond donors (Lipinski definition) is 1. The van der Waals surface area contributed by atoms with Gasteiger partial charge in [-0.2, -0.15) is 5.10 Å². The van der Waals surface area contributed by atoms with Crippen LogP contribution in [0.1, 0.15) is 15.9 Å². The Hall–Kier alpha value is -3.09. The fourth-order valence-corrected chi connectivity index (χ4v) is 2.19. The first-order valence-electron chi connectivity index (χ1n) is 7.05. The molecule has 0 radical (unpaired) electrons. The van der Waals surface area contributed by atoms with Crippen molar-refractivity contribution in [1.82, 2.24) is 9.78 Å². The van der Waals surface area contributed by atoms with Gasteiger partial charge in [-0.05, 0) is 24.3 Å². The summed E-state index contributed by atoms with van der Waals surface area (Å²) in [6.45, 7) is 0.177. The summed E-state index contributed by atoms with van der Waals surface area (Å²) in [7, 11) is 0. The molecule has 1 aromatic heterocycles. The standard InChI is InChI=1S/C17H12F3N3O/c18-12-5-6-16(20)14(7-12)17(24)22-13-8-21-23(10-13)9-11-3-1-2-4-15(11)19/h1-8,10H,9H2,(H,22,24). The Morgan fingerprint density at radius 2 is 1.88 bits per heavy atom. The summed E-state index contributed by atoms with van der Waals surface area (Å²) in [4.78, 5) is 12.0. The summed E-state index contributed by atoms with van der Waals surface area (Å²) >= 11 is 0. The number of hydrogen-bond acceptors (Lipinski definition) is 2. The third kappa shape index (κ3) is 3.45. The lowest BCUT2D eigenvalue weighted by molar-refractivity contribution is 0.102. The molecule has 7 heteroatoms. The molecule has 4 nitrogen and oxygen atoms in total. The largest absolute Gasteiger partial charge is 0.319 e. The Bertz CT molecular complexity index is 892. The molecule has 0 bridgehead atoms. The lowest BCUT2D eigenvalue weighted by atomic mass is 10.2. The first-order valence-corrected chi connectivity index (χ1v) is 7.05. The number of nitrogens with zero attached hydrogens (tertiary/aromatic N) is 2. The van der Waals surface area contributed by atoms with Crippen LogP contribution < -0.4 is 5.32 Å². The van der Waals surface area contributed by atoms with Crippen LogP contribution in [0.4, 0.5) is 18.9 Å². The van der Waals surface area contributed by atoms with E-state index in [1.54, 1.807) is 18.2 Å². The number of halogens is 3. The molecule has 0 unspecified atom stereocenters. The zero-order valence-corrected chi connectivity index (χ0v) is 12.3. The maximum absolute atomic E-state index is 13.6. The highest BCUT2D eigenvalue weighted by Crippen LogP contribution is 2.14. The van der Waals surface area contributed by atoms with Crippen molar-refractivity contribution in [3.05, 3.63) is 83.4 Å². The molecule has 0 saturated carbocycles. The second kappa shape index (κ2) is 6.57. The van der Waals surface area contributed by atoms with Crippen molar-refractivity contribution in [3.63, 3.8) is 0 Å². The highest BCUT2D eigenvalue weighted by molar-refractivity contribution is 6.04. The van der Waals surface area contributed by atoms with Gasteiger partial charge in [0, 0.05) is 11.8 Å².